The summed E-state index contributed by atoms with van der Waals surface area (Å²) < 4.78 is 55.4. The molecule has 2 aromatic carbocycles. The average molecular weight is 386 g/mol. The second-order valence-corrected chi connectivity index (χ2v) is 7.36. The van der Waals surface area contributed by atoms with E-state index in [0.717, 1.165) is 17.7 Å². The monoisotopic (exact) mass is 386 g/mol. The summed E-state index contributed by atoms with van der Waals surface area (Å²) in [5.74, 6) is -1.46. The Morgan fingerprint density at radius 3 is 2.52 bits per heavy atom. The van der Waals surface area contributed by atoms with Gasteiger partial charge in [0.1, 0.15) is 16.5 Å². The van der Waals surface area contributed by atoms with Gasteiger partial charge in [-0.1, -0.05) is 12.1 Å². The number of benzene rings is 2. The molecule has 9 heteroatoms. The van der Waals surface area contributed by atoms with E-state index in [4.69, 9.17) is 0 Å². The molecule has 2 heterocycles. The van der Waals surface area contributed by atoms with Gasteiger partial charge in [-0.25, -0.2) is 27.2 Å². The number of aromatic nitrogens is 3. The summed E-state index contributed by atoms with van der Waals surface area (Å²) in [7, 11) is -4.18. The lowest BCUT2D eigenvalue weighted by molar-refractivity contribution is 0.551. The average Bonchev–Trinajstić information content (AvgIpc) is 3.05. The molecule has 4 aromatic rings. The Morgan fingerprint density at radius 1 is 1.04 bits per heavy atom. The van der Waals surface area contributed by atoms with E-state index in [-0.39, 0.29) is 5.69 Å². The Morgan fingerprint density at radius 2 is 1.81 bits per heavy atom. The predicted octanol–water partition coefficient (Wildman–Crippen LogP) is 3.48. The Kier molecular flexibility index (Phi) is 4.08. The summed E-state index contributed by atoms with van der Waals surface area (Å²) in [6, 6.07) is 10.5. The Hall–Kier alpha value is -3.33. The fraction of sp³-hybridized carbons (Fsp3) is 0. The number of fused-ring (bicyclic) bond motifs is 1. The number of rotatable bonds is 4. The molecule has 0 fully saturated rings. The van der Waals surface area contributed by atoms with Crippen molar-refractivity contribution in [3.05, 3.63) is 78.8 Å². The van der Waals surface area contributed by atoms with Gasteiger partial charge in [-0.05, 0) is 30.3 Å². The van der Waals surface area contributed by atoms with Crippen molar-refractivity contribution >= 4 is 21.5 Å². The smallest absolute Gasteiger partial charge is 0.264 e. The maximum absolute atomic E-state index is 13.8. The predicted molar refractivity (Wildman–Crippen MR) is 95.6 cm³/mol. The maximum Gasteiger partial charge on any atom is 0.264 e. The van der Waals surface area contributed by atoms with Gasteiger partial charge >= 0.3 is 0 Å². The molecular weight excluding hydrogens is 374 g/mol. The lowest BCUT2D eigenvalue weighted by atomic mass is 10.1. The molecule has 0 amide bonds. The van der Waals surface area contributed by atoms with Gasteiger partial charge in [0.15, 0.2) is 0 Å². The first-order chi connectivity index (χ1) is 12.9. The van der Waals surface area contributed by atoms with Crippen LogP contribution in [0.5, 0.6) is 0 Å². The van der Waals surface area contributed by atoms with E-state index >= 15 is 0 Å². The van der Waals surface area contributed by atoms with Crippen LogP contribution in [0.1, 0.15) is 0 Å². The lowest BCUT2D eigenvalue weighted by Gasteiger charge is -2.09. The van der Waals surface area contributed by atoms with Crippen molar-refractivity contribution in [1.82, 2.24) is 14.4 Å². The van der Waals surface area contributed by atoms with Crippen LogP contribution in [0.2, 0.25) is 0 Å². The van der Waals surface area contributed by atoms with Crippen LogP contribution in [-0.2, 0) is 10.0 Å². The Labute approximate surface area is 153 Å². The fourth-order valence-electron chi connectivity index (χ4n) is 2.58. The molecule has 0 aliphatic rings. The molecule has 4 rings (SSSR count). The summed E-state index contributed by atoms with van der Waals surface area (Å²) in [5, 5.41) is 0. The van der Waals surface area contributed by atoms with Crippen molar-refractivity contribution in [1.29, 1.82) is 0 Å². The summed E-state index contributed by atoms with van der Waals surface area (Å²) >= 11 is 0. The second-order valence-electron chi connectivity index (χ2n) is 5.71. The second kappa shape index (κ2) is 6.44. The third-order valence-electron chi connectivity index (χ3n) is 3.85. The molecule has 0 radical (unpaired) electrons. The normalized spacial score (nSPS) is 11.6. The zero-order valence-electron chi connectivity index (χ0n) is 13.7. The minimum Gasteiger partial charge on any atom is -0.291 e. The molecule has 0 aliphatic carbocycles. The molecule has 0 bridgehead atoms. The summed E-state index contributed by atoms with van der Waals surface area (Å²) in [5.41, 5.74) is 1.67. The van der Waals surface area contributed by atoms with Gasteiger partial charge in [-0.2, -0.15) is 0 Å². The minimum atomic E-state index is -4.18. The van der Waals surface area contributed by atoms with Gasteiger partial charge < -0.3 is 0 Å². The Bertz CT molecular complexity index is 1200. The number of sulfonamides is 1. The van der Waals surface area contributed by atoms with E-state index in [1.54, 1.807) is 35.0 Å². The highest BCUT2D eigenvalue weighted by atomic mass is 32.2. The lowest BCUT2D eigenvalue weighted by Crippen LogP contribution is -2.14. The van der Waals surface area contributed by atoms with E-state index in [1.165, 1.54) is 12.1 Å². The molecule has 27 heavy (non-hydrogen) atoms. The number of hydrogen-bond acceptors (Lipinski definition) is 4. The number of hydrogen-bond donors (Lipinski definition) is 1. The first-order valence-electron chi connectivity index (χ1n) is 7.80. The van der Waals surface area contributed by atoms with Crippen molar-refractivity contribution in [3.8, 4) is 11.3 Å². The summed E-state index contributed by atoms with van der Waals surface area (Å²) in [6.45, 7) is 0. The van der Waals surface area contributed by atoms with Gasteiger partial charge in [-0.15, -0.1) is 0 Å². The minimum absolute atomic E-state index is 0.240. The van der Waals surface area contributed by atoms with Gasteiger partial charge in [0.2, 0.25) is 5.78 Å². The van der Waals surface area contributed by atoms with Crippen LogP contribution in [0.4, 0.5) is 14.5 Å². The van der Waals surface area contributed by atoms with Gasteiger partial charge in [0.25, 0.3) is 10.0 Å². The molecule has 136 valence electrons. The molecule has 6 nitrogen and oxygen atoms in total. The van der Waals surface area contributed by atoms with Crippen molar-refractivity contribution in [2.75, 3.05) is 4.72 Å². The molecule has 0 saturated carbocycles. The zero-order chi connectivity index (χ0) is 19.0. The van der Waals surface area contributed by atoms with Gasteiger partial charge in [0.05, 0.1) is 5.69 Å². The number of nitrogens with one attached hydrogen (secondary N) is 1. The number of anilines is 1. The van der Waals surface area contributed by atoms with Crippen LogP contribution in [0.15, 0.2) is 72.0 Å². The van der Waals surface area contributed by atoms with E-state index in [0.29, 0.717) is 17.5 Å². The van der Waals surface area contributed by atoms with E-state index in [2.05, 4.69) is 14.7 Å². The van der Waals surface area contributed by atoms with E-state index < -0.39 is 26.6 Å². The molecule has 0 spiro atoms. The third kappa shape index (κ3) is 3.36. The van der Waals surface area contributed by atoms with Gasteiger partial charge in [-0.3, -0.25) is 9.12 Å². The van der Waals surface area contributed by atoms with Crippen LogP contribution in [0, 0.1) is 11.6 Å². The zero-order valence-corrected chi connectivity index (χ0v) is 14.5. The number of imidazole rings is 1. The molecular formula is C18H12F2N4O2S. The largest absolute Gasteiger partial charge is 0.291 e. The highest BCUT2D eigenvalue weighted by Crippen LogP contribution is 2.23. The van der Waals surface area contributed by atoms with Crippen LogP contribution in [0.3, 0.4) is 0 Å². The quantitative estimate of drug-likeness (QED) is 0.583. The molecule has 0 aliphatic heterocycles. The topological polar surface area (TPSA) is 76.4 Å². The fourth-order valence-corrected chi connectivity index (χ4v) is 3.70. The van der Waals surface area contributed by atoms with E-state index in [9.17, 15) is 17.2 Å². The molecule has 0 atom stereocenters. The summed E-state index contributed by atoms with van der Waals surface area (Å²) in [4.78, 5) is 7.90. The van der Waals surface area contributed by atoms with E-state index in [1.807, 2.05) is 6.20 Å². The van der Waals surface area contributed by atoms with Crippen molar-refractivity contribution in [3.63, 3.8) is 0 Å². The summed E-state index contributed by atoms with van der Waals surface area (Å²) in [6.07, 6.45) is 5.26. The molecule has 0 saturated heterocycles. The standard InChI is InChI=1S/C18H12F2N4O2S/c19-13-4-7-17(15(20)10-13)27(25,26)23-14-5-2-12(3-6-14)16-11-24-9-1-8-21-18(24)22-16/h1-11,23H. The highest BCUT2D eigenvalue weighted by Gasteiger charge is 2.19. The molecule has 1 N–H and O–H groups in total. The van der Waals surface area contributed by atoms with Gasteiger partial charge in [0, 0.05) is 35.9 Å². The van der Waals surface area contributed by atoms with Crippen LogP contribution < -0.4 is 4.72 Å². The highest BCUT2D eigenvalue weighted by molar-refractivity contribution is 7.92. The van der Waals surface area contributed by atoms with Crippen LogP contribution in [-0.4, -0.2) is 22.8 Å². The Balaban J connectivity index is 1.60. The third-order valence-corrected chi connectivity index (χ3v) is 5.27. The maximum atomic E-state index is 13.8. The SMILES string of the molecule is O=S(=O)(Nc1ccc(-c2cn3cccnc3n2)cc1)c1ccc(F)cc1F. The first kappa shape index (κ1) is 17.1. The first-order valence-corrected chi connectivity index (χ1v) is 9.29. The number of nitrogens with zero attached hydrogens (tertiary/aromatic N) is 3. The molecule has 2 aromatic heterocycles. The van der Waals surface area contributed by atoms with Crippen molar-refractivity contribution in [2.24, 2.45) is 0 Å². The van der Waals surface area contributed by atoms with Crippen LogP contribution >= 0.6 is 0 Å². The number of halogens is 2. The van der Waals surface area contributed by atoms with Crippen molar-refractivity contribution in [2.45, 2.75) is 4.90 Å². The van der Waals surface area contributed by atoms with Crippen molar-refractivity contribution < 1.29 is 17.2 Å². The van der Waals surface area contributed by atoms with Crippen LogP contribution in [0.25, 0.3) is 17.0 Å². The molecule has 0 unspecified atom stereocenters.